The molecule has 2 aromatic rings. The van der Waals surface area contributed by atoms with Gasteiger partial charge >= 0.3 is 5.97 Å². The zero-order chi connectivity index (χ0) is 14.5. The maximum Gasteiger partial charge on any atom is 0.338 e. The molecule has 2 rings (SSSR count). The van der Waals surface area contributed by atoms with Crippen LogP contribution < -0.4 is 0 Å². The molecule has 1 heterocycles. The van der Waals surface area contributed by atoms with E-state index in [0.29, 0.717) is 5.57 Å². The zero-order valence-electron chi connectivity index (χ0n) is 11.6. The van der Waals surface area contributed by atoms with Crippen molar-refractivity contribution in [2.75, 3.05) is 7.11 Å². The lowest BCUT2D eigenvalue weighted by molar-refractivity contribution is -0.135. The average Bonchev–Trinajstić information content (AvgIpc) is 2.90. The zero-order valence-corrected chi connectivity index (χ0v) is 11.6. The smallest absolute Gasteiger partial charge is 0.338 e. The van der Waals surface area contributed by atoms with Gasteiger partial charge < -0.3 is 9.72 Å². The van der Waals surface area contributed by atoms with Crippen molar-refractivity contribution in [3.05, 3.63) is 66.4 Å². The molecule has 0 aliphatic heterocycles. The average molecular weight is 267 g/mol. The number of carbonyl (C=O) groups excluding carboxylic acids is 1. The van der Waals surface area contributed by atoms with Crippen LogP contribution in [0.5, 0.6) is 0 Å². The lowest BCUT2D eigenvalue weighted by atomic mass is 9.96. The van der Waals surface area contributed by atoms with Crippen LogP contribution in [0.15, 0.2) is 60.8 Å². The largest absolute Gasteiger partial charge is 0.465 e. The van der Waals surface area contributed by atoms with Crippen molar-refractivity contribution in [2.24, 2.45) is 0 Å². The van der Waals surface area contributed by atoms with Gasteiger partial charge in [-0.05, 0) is 18.6 Å². The Labute approximate surface area is 118 Å². The second-order valence-electron chi connectivity index (χ2n) is 4.26. The van der Waals surface area contributed by atoms with E-state index in [1.165, 1.54) is 7.11 Å². The molecule has 20 heavy (non-hydrogen) atoms. The second-order valence-corrected chi connectivity index (χ2v) is 4.26. The number of rotatable bonds is 4. The first kappa shape index (κ1) is 13.9. The van der Waals surface area contributed by atoms with Gasteiger partial charge in [0.05, 0.1) is 12.7 Å². The minimum atomic E-state index is -0.356. The van der Waals surface area contributed by atoms with E-state index in [0.717, 1.165) is 22.0 Å². The topological polar surface area (TPSA) is 42.1 Å². The van der Waals surface area contributed by atoms with E-state index in [9.17, 15) is 4.79 Å². The van der Waals surface area contributed by atoms with Crippen molar-refractivity contribution in [1.82, 2.24) is 4.98 Å². The van der Waals surface area contributed by atoms with E-state index < -0.39 is 0 Å². The Kier molecular flexibility index (Phi) is 4.20. The van der Waals surface area contributed by atoms with Crippen molar-refractivity contribution < 1.29 is 9.53 Å². The Morgan fingerprint density at radius 3 is 2.75 bits per heavy atom. The fraction of sp³-hybridized carbons (Fsp3) is 0.118. The molecule has 1 aromatic heterocycles. The van der Waals surface area contributed by atoms with Gasteiger partial charge in [-0.25, -0.2) is 4.79 Å². The summed E-state index contributed by atoms with van der Waals surface area (Å²) in [5.74, 6) is -0.356. The fourth-order valence-corrected chi connectivity index (χ4v) is 2.23. The molecular formula is C17H17NO2. The molecule has 0 fully saturated rings. The number of allylic oxidation sites excluding steroid dienone is 3. The van der Waals surface area contributed by atoms with Gasteiger partial charge in [0.2, 0.25) is 0 Å². The summed E-state index contributed by atoms with van der Waals surface area (Å²) in [5, 5.41) is 1.06. The third-order valence-electron chi connectivity index (χ3n) is 3.15. The summed E-state index contributed by atoms with van der Waals surface area (Å²) < 4.78 is 4.85. The Hall–Kier alpha value is -2.55. The number of hydrogen-bond acceptors (Lipinski definition) is 2. The number of aromatic nitrogens is 1. The molecule has 0 amide bonds. The molecule has 0 atom stereocenters. The van der Waals surface area contributed by atoms with E-state index in [1.807, 2.05) is 43.5 Å². The van der Waals surface area contributed by atoms with Crippen LogP contribution in [0.1, 0.15) is 12.5 Å². The normalized spacial score (nSPS) is 12.5. The second kappa shape index (κ2) is 6.06. The monoisotopic (exact) mass is 267 g/mol. The van der Waals surface area contributed by atoms with Crippen LogP contribution in [0.25, 0.3) is 16.5 Å². The highest BCUT2D eigenvalue weighted by molar-refractivity contribution is 6.10. The van der Waals surface area contributed by atoms with E-state index in [2.05, 4.69) is 11.6 Å². The van der Waals surface area contributed by atoms with Crippen LogP contribution in [-0.4, -0.2) is 18.1 Å². The van der Waals surface area contributed by atoms with Gasteiger partial charge in [-0.15, -0.1) is 0 Å². The molecule has 3 heteroatoms. The van der Waals surface area contributed by atoms with Crippen LogP contribution in [0.3, 0.4) is 0 Å². The standard InChI is InChI=1S/C17H17NO2/c1-4-8-13(12(5-2)17(19)20-3)15-11-18-16-10-7-6-9-14(15)16/h4-11,18H,1H2,2-3H3/b12-5+,13-8+. The van der Waals surface area contributed by atoms with Crippen LogP contribution in [0.2, 0.25) is 0 Å². The van der Waals surface area contributed by atoms with Crippen LogP contribution in [0, 0.1) is 0 Å². The highest BCUT2D eigenvalue weighted by Gasteiger charge is 2.18. The number of benzene rings is 1. The summed E-state index contributed by atoms with van der Waals surface area (Å²) in [6, 6.07) is 7.95. The number of aromatic amines is 1. The van der Waals surface area contributed by atoms with Gasteiger partial charge in [-0.1, -0.05) is 43.0 Å². The van der Waals surface area contributed by atoms with Gasteiger partial charge in [0.1, 0.15) is 0 Å². The van der Waals surface area contributed by atoms with Gasteiger partial charge in [0.15, 0.2) is 0 Å². The Morgan fingerprint density at radius 1 is 1.35 bits per heavy atom. The van der Waals surface area contributed by atoms with Gasteiger partial charge in [0, 0.05) is 22.7 Å². The summed E-state index contributed by atoms with van der Waals surface area (Å²) in [7, 11) is 1.38. The number of ether oxygens (including phenoxy) is 1. The Morgan fingerprint density at radius 2 is 2.10 bits per heavy atom. The predicted octanol–water partition coefficient (Wildman–Crippen LogP) is 3.86. The van der Waals surface area contributed by atoms with Gasteiger partial charge in [-0.3, -0.25) is 0 Å². The number of nitrogens with one attached hydrogen (secondary N) is 1. The molecule has 0 saturated carbocycles. The minimum absolute atomic E-state index is 0.356. The predicted molar refractivity (Wildman–Crippen MR) is 82.2 cm³/mol. The Balaban J connectivity index is 2.63. The minimum Gasteiger partial charge on any atom is -0.465 e. The molecule has 0 aliphatic carbocycles. The van der Waals surface area contributed by atoms with Crippen molar-refractivity contribution in [1.29, 1.82) is 0 Å². The Bertz CT molecular complexity index is 705. The number of para-hydroxylation sites is 1. The fourth-order valence-electron chi connectivity index (χ4n) is 2.23. The van der Waals surface area contributed by atoms with E-state index in [-0.39, 0.29) is 5.97 Å². The number of H-pyrrole nitrogens is 1. The maximum absolute atomic E-state index is 11.9. The summed E-state index contributed by atoms with van der Waals surface area (Å²) in [5.41, 5.74) is 3.31. The first-order chi connectivity index (χ1) is 9.72. The van der Waals surface area contributed by atoms with Crippen molar-refractivity contribution in [3.8, 4) is 0 Å². The van der Waals surface area contributed by atoms with Crippen LogP contribution in [0.4, 0.5) is 0 Å². The number of fused-ring (bicyclic) bond motifs is 1. The summed E-state index contributed by atoms with van der Waals surface area (Å²) in [4.78, 5) is 15.1. The molecular weight excluding hydrogens is 250 g/mol. The van der Waals surface area contributed by atoms with Crippen LogP contribution in [-0.2, 0) is 9.53 Å². The molecule has 3 nitrogen and oxygen atoms in total. The molecule has 0 aliphatic rings. The highest BCUT2D eigenvalue weighted by atomic mass is 16.5. The molecule has 1 aromatic carbocycles. The molecule has 1 N–H and O–H groups in total. The molecule has 0 unspecified atom stereocenters. The van der Waals surface area contributed by atoms with Gasteiger partial charge in [0.25, 0.3) is 0 Å². The van der Waals surface area contributed by atoms with Gasteiger partial charge in [-0.2, -0.15) is 0 Å². The van der Waals surface area contributed by atoms with Crippen molar-refractivity contribution in [2.45, 2.75) is 6.92 Å². The SMILES string of the molecule is C=C/C=C(\C(=C/C)C(=O)OC)c1c[nH]c2ccccc12. The highest BCUT2D eigenvalue weighted by Crippen LogP contribution is 2.30. The number of hydrogen-bond donors (Lipinski definition) is 1. The lowest BCUT2D eigenvalue weighted by Gasteiger charge is -2.09. The van der Waals surface area contributed by atoms with Crippen LogP contribution >= 0.6 is 0 Å². The lowest BCUT2D eigenvalue weighted by Crippen LogP contribution is -2.06. The molecule has 0 spiro atoms. The third-order valence-corrected chi connectivity index (χ3v) is 3.15. The number of carbonyl (C=O) groups is 1. The van der Waals surface area contributed by atoms with E-state index in [1.54, 1.807) is 12.2 Å². The van der Waals surface area contributed by atoms with E-state index in [4.69, 9.17) is 4.74 Å². The summed E-state index contributed by atoms with van der Waals surface area (Å²) in [6.07, 6.45) is 7.14. The molecule has 0 bridgehead atoms. The third kappa shape index (κ3) is 2.43. The van der Waals surface area contributed by atoms with Crippen molar-refractivity contribution in [3.63, 3.8) is 0 Å². The summed E-state index contributed by atoms with van der Waals surface area (Å²) >= 11 is 0. The summed E-state index contributed by atoms with van der Waals surface area (Å²) in [6.45, 7) is 5.54. The van der Waals surface area contributed by atoms with Crippen molar-refractivity contribution >= 4 is 22.4 Å². The first-order valence-corrected chi connectivity index (χ1v) is 6.37. The number of esters is 1. The molecule has 102 valence electrons. The maximum atomic E-state index is 11.9. The number of methoxy groups -OCH3 is 1. The quantitative estimate of drug-likeness (QED) is 0.519. The first-order valence-electron chi connectivity index (χ1n) is 6.37. The molecule has 0 saturated heterocycles. The van der Waals surface area contributed by atoms with E-state index >= 15 is 0 Å². The molecule has 0 radical (unpaired) electrons.